The molecule has 2 aromatic rings. The third-order valence-electron chi connectivity index (χ3n) is 4.77. The standard InChI is InChI=1S/C21H28FN5OS.HI/c1-2-23-21(25-16-19-4-3-15-29-19)24-10-9-20(28)27-13-11-26(12-14-27)18-7-5-17(22)6-8-18;/h3-8,15H,2,9-14,16H2,1H3,(H2,23,24,25);1H. The molecule has 0 unspecified atom stereocenters. The molecule has 0 atom stereocenters. The van der Waals surface area contributed by atoms with E-state index in [1.54, 1.807) is 23.5 Å². The van der Waals surface area contributed by atoms with E-state index in [0.717, 1.165) is 31.3 Å². The smallest absolute Gasteiger partial charge is 0.224 e. The molecular formula is C21H29FIN5OS. The number of hydrogen-bond donors (Lipinski definition) is 2. The van der Waals surface area contributed by atoms with Crippen LogP contribution in [0, 0.1) is 5.82 Å². The minimum atomic E-state index is -0.231. The van der Waals surface area contributed by atoms with Crippen molar-refractivity contribution in [3.8, 4) is 0 Å². The van der Waals surface area contributed by atoms with E-state index in [-0.39, 0.29) is 35.7 Å². The van der Waals surface area contributed by atoms with Crippen LogP contribution < -0.4 is 15.5 Å². The Kier molecular flexibility index (Phi) is 10.4. The molecule has 6 nitrogen and oxygen atoms in total. The number of carbonyl (C=O) groups is 1. The Labute approximate surface area is 198 Å². The van der Waals surface area contributed by atoms with Gasteiger partial charge in [-0.1, -0.05) is 6.07 Å². The number of halogens is 2. The van der Waals surface area contributed by atoms with E-state index in [4.69, 9.17) is 0 Å². The van der Waals surface area contributed by atoms with Gasteiger partial charge < -0.3 is 20.4 Å². The molecule has 1 fully saturated rings. The second-order valence-corrected chi connectivity index (χ2v) is 7.83. The van der Waals surface area contributed by atoms with Gasteiger partial charge in [-0.25, -0.2) is 9.38 Å². The Morgan fingerprint density at radius 1 is 1.13 bits per heavy atom. The molecule has 0 radical (unpaired) electrons. The van der Waals surface area contributed by atoms with E-state index >= 15 is 0 Å². The molecule has 1 aromatic carbocycles. The van der Waals surface area contributed by atoms with Crippen molar-refractivity contribution >= 4 is 52.9 Å². The number of benzene rings is 1. The summed E-state index contributed by atoms with van der Waals surface area (Å²) in [7, 11) is 0. The van der Waals surface area contributed by atoms with Gasteiger partial charge in [0.1, 0.15) is 5.82 Å². The van der Waals surface area contributed by atoms with E-state index in [0.29, 0.717) is 32.6 Å². The van der Waals surface area contributed by atoms with Crippen LogP contribution in [0.3, 0.4) is 0 Å². The monoisotopic (exact) mass is 545 g/mol. The number of guanidine groups is 1. The molecule has 1 aliphatic rings. The number of nitrogens with zero attached hydrogens (tertiary/aromatic N) is 3. The lowest BCUT2D eigenvalue weighted by Gasteiger charge is -2.36. The van der Waals surface area contributed by atoms with Crippen LogP contribution in [0.1, 0.15) is 18.2 Å². The fourth-order valence-corrected chi connectivity index (χ4v) is 3.84. The average Bonchev–Trinajstić information content (AvgIpc) is 3.26. The Morgan fingerprint density at radius 2 is 1.87 bits per heavy atom. The number of anilines is 1. The predicted octanol–water partition coefficient (Wildman–Crippen LogP) is 3.30. The molecule has 2 heterocycles. The van der Waals surface area contributed by atoms with E-state index < -0.39 is 0 Å². The van der Waals surface area contributed by atoms with Gasteiger partial charge in [0, 0.05) is 56.3 Å². The van der Waals surface area contributed by atoms with Crippen molar-refractivity contribution in [2.24, 2.45) is 4.99 Å². The SMILES string of the molecule is CCNC(=NCc1cccs1)NCCC(=O)N1CCN(c2ccc(F)cc2)CC1.I. The largest absolute Gasteiger partial charge is 0.368 e. The maximum Gasteiger partial charge on any atom is 0.224 e. The van der Waals surface area contributed by atoms with Crippen molar-refractivity contribution in [3.63, 3.8) is 0 Å². The van der Waals surface area contributed by atoms with Crippen LogP contribution >= 0.6 is 35.3 Å². The number of hydrogen-bond acceptors (Lipinski definition) is 4. The molecular weight excluding hydrogens is 516 g/mol. The number of amides is 1. The highest BCUT2D eigenvalue weighted by Gasteiger charge is 2.21. The lowest BCUT2D eigenvalue weighted by molar-refractivity contribution is -0.131. The van der Waals surface area contributed by atoms with Crippen molar-refractivity contribution < 1.29 is 9.18 Å². The summed E-state index contributed by atoms with van der Waals surface area (Å²) in [6.07, 6.45) is 0.431. The van der Waals surface area contributed by atoms with Gasteiger partial charge in [0.2, 0.25) is 5.91 Å². The number of carbonyl (C=O) groups excluding carboxylic acids is 1. The molecule has 2 N–H and O–H groups in total. The van der Waals surface area contributed by atoms with E-state index in [1.165, 1.54) is 17.0 Å². The highest BCUT2D eigenvalue weighted by Crippen LogP contribution is 2.17. The molecule has 1 saturated heterocycles. The van der Waals surface area contributed by atoms with Crippen molar-refractivity contribution in [1.29, 1.82) is 0 Å². The van der Waals surface area contributed by atoms with E-state index in [1.807, 2.05) is 23.3 Å². The fourth-order valence-electron chi connectivity index (χ4n) is 3.21. The Bertz CT molecular complexity index is 792. The van der Waals surface area contributed by atoms with Crippen LogP contribution in [0.25, 0.3) is 0 Å². The first-order valence-corrected chi connectivity index (χ1v) is 10.9. The van der Waals surface area contributed by atoms with Crippen molar-refractivity contribution in [1.82, 2.24) is 15.5 Å². The van der Waals surface area contributed by atoms with Crippen LogP contribution in [0.15, 0.2) is 46.8 Å². The second-order valence-electron chi connectivity index (χ2n) is 6.80. The van der Waals surface area contributed by atoms with Crippen LogP contribution in [0.4, 0.5) is 10.1 Å². The summed E-state index contributed by atoms with van der Waals surface area (Å²) in [5, 5.41) is 8.50. The second kappa shape index (κ2) is 12.7. The molecule has 1 aromatic heterocycles. The maximum absolute atomic E-state index is 13.1. The fraction of sp³-hybridized carbons (Fsp3) is 0.429. The highest BCUT2D eigenvalue weighted by atomic mass is 127. The first-order chi connectivity index (χ1) is 14.2. The minimum Gasteiger partial charge on any atom is -0.368 e. The minimum absolute atomic E-state index is 0. The first-order valence-electron chi connectivity index (χ1n) is 9.98. The zero-order valence-electron chi connectivity index (χ0n) is 17.1. The molecule has 3 rings (SSSR count). The summed E-state index contributed by atoms with van der Waals surface area (Å²) in [6.45, 7) is 6.86. The molecule has 9 heteroatoms. The normalized spacial score (nSPS) is 14.3. The lowest BCUT2D eigenvalue weighted by atomic mass is 10.2. The molecule has 1 amide bonds. The summed E-state index contributed by atoms with van der Waals surface area (Å²) < 4.78 is 13.1. The van der Waals surface area contributed by atoms with E-state index in [9.17, 15) is 9.18 Å². The Balaban J connectivity index is 0.00000320. The molecule has 164 valence electrons. The third kappa shape index (κ3) is 7.42. The number of nitrogens with one attached hydrogen (secondary N) is 2. The Morgan fingerprint density at radius 3 is 2.50 bits per heavy atom. The van der Waals surface area contributed by atoms with Crippen LogP contribution in [0.5, 0.6) is 0 Å². The molecule has 0 bridgehead atoms. The number of thiophene rings is 1. The molecule has 30 heavy (non-hydrogen) atoms. The van der Waals surface area contributed by atoms with Gasteiger partial charge in [-0.3, -0.25) is 4.79 Å². The zero-order valence-corrected chi connectivity index (χ0v) is 20.3. The average molecular weight is 545 g/mol. The summed E-state index contributed by atoms with van der Waals surface area (Å²) in [6, 6.07) is 10.6. The number of aliphatic imine (C=N–C) groups is 1. The van der Waals surface area contributed by atoms with Gasteiger partial charge in [0.25, 0.3) is 0 Å². The van der Waals surface area contributed by atoms with Gasteiger partial charge >= 0.3 is 0 Å². The topological polar surface area (TPSA) is 60.0 Å². The summed E-state index contributed by atoms with van der Waals surface area (Å²) in [5.41, 5.74) is 0.998. The summed E-state index contributed by atoms with van der Waals surface area (Å²) in [4.78, 5) is 22.4. The predicted molar refractivity (Wildman–Crippen MR) is 132 cm³/mol. The summed E-state index contributed by atoms with van der Waals surface area (Å²) in [5.74, 6) is 0.645. The van der Waals surface area contributed by atoms with Crippen molar-refractivity contribution in [3.05, 3.63) is 52.5 Å². The molecule has 1 aliphatic heterocycles. The lowest BCUT2D eigenvalue weighted by Crippen LogP contribution is -2.49. The highest BCUT2D eigenvalue weighted by molar-refractivity contribution is 14.0. The first kappa shape index (κ1) is 24.4. The molecule has 0 saturated carbocycles. The zero-order chi connectivity index (χ0) is 20.5. The number of rotatable bonds is 7. The van der Waals surface area contributed by atoms with Crippen LogP contribution in [0.2, 0.25) is 0 Å². The van der Waals surface area contributed by atoms with Gasteiger partial charge in [-0.05, 0) is 42.6 Å². The number of piperazine rings is 1. The summed E-state index contributed by atoms with van der Waals surface area (Å²) >= 11 is 1.68. The third-order valence-corrected chi connectivity index (χ3v) is 5.63. The quantitative estimate of drug-likeness (QED) is 0.319. The van der Waals surface area contributed by atoms with Gasteiger partial charge in [-0.15, -0.1) is 35.3 Å². The molecule has 0 spiro atoms. The van der Waals surface area contributed by atoms with Crippen LogP contribution in [-0.4, -0.2) is 56.0 Å². The van der Waals surface area contributed by atoms with Gasteiger partial charge in [0.15, 0.2) is 5.96 Å². The maximum atomic E-state index is 13.1. The molecule has 0 aliphatic carbocycles. The van der Waals surface area contributed by atoms with Crippen molar-refractivity contribution in [2.75, 3.05) is 44.2 Å². The van der Waals surface area contributed by atoms with Crippen LogP contribution in [-0.2, 0) is 11.3 Å². The van der Waals surface area contributed by atoms with Gasteiger partial charge in [-0.2, -0.15) is 0 Å². The van der Waals surface area contributed by atoms with Gasteiger partial charge in [0.05, 0.1) is 6.54 Å². The van der Waals surface area contributed by atoms with E-state index in [2.05, 4.69) is 26.6 Å². The Hall–Kier alpha value is -1.88. The van der Waals surface area contributed by atoms with Crippen molar-refractivity contribution in [2.45, 2.75) is 19.9 Å².